The lowest BCUT2D eigenvalue weighted by molar-refractivity contribution is -0.140. The van der Waals surface area contributed by atoms with Gasteiger partial charge < -0.3 is 4.74 Å². The third-order valence-electron chi connectivity index (χ3n) is 2.29. The number of rotatable bonds is 6. The molecule has 1 aromatic rings. The molecule has 6 heteroatoms. The zero-order valence-electron chi connectivity index (χ0n) is 9.96. The zero-order valence-corrected chi connectivity index (χ0v) is 10.8. The minimum Gasteiger partial charge on any atom is -0.469 e. The number of ether oxygens (including phenoxy) is 1. The molecule has 0 unspecified atom stereocenters. The summed E-state index contributed by atoms with van der Waals surface area (Å²) in [6.07, 6.45) is -0.235. The lowest BCUT2D eigenvalue weighted by Gasteiger charge is -2.03. The molecule has 0 fully saturated rings. The molecule has 0 radical (unpaired) electrons. The summed E-state index contributed by atoms with van der Waals surface area (Å²) in [5.41, 5.74) is 0.346. The van der Waals surface area contributed by atoms with E-state index in [-0.39, 0.29) is 12.2 Å². The molecule has 0 aliphatic carbocycles. The van der Waals surface area contributed by atoms with Gasteiger partial charge >= 0.3 is 5.97 Å². The van der Waals surface area contributed by atoms with Gasteiger partial charge in [0.15, 0.2) is 15.6 Å². The van der Waals surface area contributed by atoms with Gasteiger partial charge in [-0.1, -0.05) is 30.3 Å². The van der Waals surface area contributed by atoms with Crippen LogP contribution in [-0.4, -0.2) is 38.8 Å². The Kier molecular flexibility index (Phi) is 5.03. The van der Waals surface area contributed by atoms with E-state index in [1.165, 1.54) is 7.11 Å². The fourth-order valence-electron chi connectivity index (χ4n) is 1.32. The normalized spacial score (nSPS) is 10.9. The fourth-order valence-corrected chi connectivity index (χ4v) is 2.51. The molecule has 0 amide bonds. The number of Topliss-reactive ketones (excluding diaryl/α,β-unsaturated/α-hetero) is 1. The second-order valence-electron chi connectivity index (χ2n) is 3.71. The van der Waals surface area contributed by atoms with Gasteiger partial charge in [-0.15, -0.1) is 0 Å². The van der Waals surface area contributed by atoms with Gasteiger partial charge in [0.1, 0.15) is 5.75 Å². The van der Waals surface area contributed by atoms with Crippen LogP contribution in [0.5, 0.6) is 0 Å². The molecule has 0 atom stereocenters. The summed E-state index contributed by atoms with van der Waals surface area (Å²) in [4.78, 5) is 22.5. The van der Waals surface area contributed by atoms with Gasteiger partial charge in [-0.3, -0.25) is 9.59 Å². The van der Waals surface area contributed by atoms with E-state index in [1.54, 1.807) is 30.3 Å². The molecule has 1 aromatic carbocycles. The van der Waals surface area contributed by atoms with Gasteiger partial charge in [0.2, 0.25) is 0 Å². The molecule has 0 saturated carbocycles. The highest BCUT2D eigenvalue weighted by Crippen LogP contribution is 2.04. The highest BCUT2D eigenvalue weighted by atomic mass is 32.2. The second-order valence-corrected chi connectivity index (χ2v) is 5.89. The number of hydrogen-bond donors (Lipinski definition) is 0. The number of carbonyl (C=O) groups is 2. The van der Waals surface area contributed by atoms with Crippen LogP contribution >= 0.6 is 0 Å². The average Bonchev–Trinajstić information content (AvgIpc) is 2.36. The summed E-state index contributed by atoms with van der Waals surface area (Å²) in [7, 11) is -2.40. The van der Waals surface area contributed by atoms with Crippen molar-refractivity contribution >= 4 is 21.6 Å². The molecule has 18 heavy (non-hydrogen) atoms. The number of sulfone groups is 1. The summed E-state index contributed by atoms with van der Waals surface area (Å²) in [5.74, 6) is -2.04. The Morgan fingerprint density at radius 3 is 2.33 bits per heavy atom. The first-order valence-electron chi connectivity index (χ1n) is 5.30. The number of benzene rings is 1. The summed E-state index contributed by atoms with van der Waals surface area (Å²) < 4.78 is 27.6. The average molecular weight is 270 g/mol. The Labute approximate surface area is 106 Å². The largest absolute Gasteiger partial charge is 0.469 e. The van der Waals surface area contributed by atoms with Gasteiger partial charge in [-0.2, -0.15) is 0 Å². The van der Waals surface area contributed by atoms with E-state index in [1.807, 2.05) is 0 Å². The summed E-state index contributed by atoms with van der Waals surface area (Å²) in [5, 5.41) is 0. The van der Waals surface area contributed by atoms with Crippen molar-refractivity contribution in [1.29, 1.82) is 0 Å². The first-order valence-corrected chi connectivity index (χ1v) is 7.12. The monoisotopic (exact) mass is 270 g/mol. The van der Waals surface area contributed by atoms with E-state index < -0.39 is 27.3 Å². The Morgan fingerprint density at radius 1 is 1.17 bits per heavy atom. The van der Waals surface area contributed by atoms with Crippen molar-refractivity contribution in [2.75, 3.05) is 18.6 Å². The van der Waals surface area contributed by atoms with Gasteiger partial charge in [0.25, 0.3) is 0 Å². The molecule has 0 heterocycles. The number of carbonyl (C=O) groups excluding carboxylic acids is 2. The van der Waals surface area contributed by atoms with Crippen molar-refractivity contribution in [2.45, 2.75) is 6.42 Å². The van der Waals surface area contributed by atoms with E-state index in [0.717, 1.165) is 0 Å². The molecule has 0 aromatic heterocycles. The molecule has 98 valence electrons. The van der Waals surface area contributed by atoms with Crippen LogP contribution in [0.3, 0.4) is 0 Å². The summed E-state index contributed by atoms with van der Waals surface area (Å²) in [6.45, 7) is 0. The van der Waals surface area contributed by atoms with E-state index in [9.17, 15) is 18.0 Å². The predicted molar refractivity (Wildman–Crippen MR) is 66.1 cm³/mol. The van der Waals surface area contributed by atoms with Crippen LogP contribution < -0.4 is 0 Å². The Balaban J connectivity index is 2.61. The number of methoxy groups -OCH3 is 1. The van der Waals surface area contributed by atoms with Gasteiger partial charge in [-0.05, 0) is 0 Å². The Hall–Kier alpha value is -1.69. The van der Waals surface area contributed by atoms with E-state index in [2.05, 4.69) is 4.74 Å². The molecule has 0 spiro atoms. The maximum absolute atomic E-state index is 11.7. The van der Waals surface area contributed by atoms with E-state index in [0.29, 0.717) is 5.56 Å². The SMILES string of the molecule is COC(=O)CCS(=O)(=O)CC(=O)c1ccccc1. The molecule has 0 bridgehead atoms. The van der Waals surface area contributed by atoms with Crippen molar-refractivity contribution in [2.24, 2.45) is 0 Å². The van der Waals surface area contributed by atoms with Crippen molar-refractivity contribution in [3.63, 3.8) is 0 Å². The van der Waals surface area contributed by atoms with Crippen molar-refractivity contribution in [3.05, 3.63) is 35.9 Å². The van der Waals surface area contributed by atoms with Crippen molar-refractivity contribution < 1.29 is 22.7 Å². The first-order chi connectivity index (χ1) is 8.44. The summed E-state index contributed by atoms with van der Waals surface area (Å²) in [6, 6.07) is 8.17. The number of esters is 1. The van der Waals surface area contributed by atoms with Crippen LogP contribution in [0.4, 0.5) is 0 Å². The van der Waals surface area contributed by atoms with Crippen molar-refractivity contribution in [1.82, 2.24) is 0 Å². The van der Waals surface area contributed by atoms with Crippen molar-refractivity contribution in [3.8, 4) is 0 Å². The molecule has 0 aliphatic heterocycles. The van der Waals surface area contributed by atoms with Gasteiger partial charge in [0, 0.05) is 5.56 Å². The van der Waals surface area contributed by atoms with E-state index in [4.69, 9.17) is 0 Å². The standard InChI is InChI=1S/C12H14O5S/c1-17-12(14)7-8-18(15,16)9-11(13)10-5-3-2-4-6-10/h2-6H,7-9H2,1H3. The minimum absolute atomic E-state index is 0.235. The second kappa shape index (κ2) is 6.30. The third kappa shape index (κ3) is 4.67. The van der Waals surface area contributed by atoms with Gasteiger partial charge in [0.05, 0.1) is 19.3 Å². The number of hydrogen-bond acceptors (Lipinski definition) is 5. The van der Waals surface area contributed by atoms with Crippen LogP contribution in [0.25, 0.3) is 0 Å². The molecule has 0 N–H and O–H groups in total. The van der Waals surface area contributed by atoms with Crippen LogP contribution in [-0.2, 0) is 19.4 Å². The minimum atomic E-state index is -3.58. The Bertz CT molecular complexity index is 519. The maximum Gasteiger partial charge on any atom is 0.306 e. The van der Waals surface area contributed by atoms with Crippen LogP contribution in [0.1, 0.15) is 16.8 Å². The highest BCUT2D eigenvalue weighted by Gasteiger charge is 2.19. The topological polar surface area (TPSA) is 77.5 Å². The molecule has 0 saturated heterocycles. The van der Waals surface area contributed by atoms with Crippen LogP contribution in [0, 0.1) is 0 Å². The molecule has 5 nitrogen and oxygen atoms in total. The molecule has 0 aliphatic rings. The molecular formula is C12H14O5S. The van der Waals surface area contributed by atoms with Crippen LogP contribution in [0.15, 0.2) is 30.3 Å². The fraction of sp³-hybridized carbons (Fsp3) is 0.333. The lowest BCUT2D eigenvalue weighted by Crippen LogP contribution is -2.21. The van der Waals surface area contributed by atoms with Crippen LogP contribution in [0.2, 0.25) is 0 Å². The summed E-state index contributed by atoms with van der Waals surface area (Å²) >= 11 is 0. The smallest absolute Gasteiger partial charge is 0.306 e. The quantitative estimate of drug-likeness (QED) is 0.565. The Morgan fingerprint density at radius 2 is 1.78 bits per heavy atom. The van der Waals surface area contributed by atoms with Gasteiger partial charge in [-0.25, -0.2) is 8.42 Å². The highest BCUT2D eigenvalue weighted by molar-refractivity contribution is 7.92. The molecular weight excluding hydrogens is 256 g/mol. The molecule has 1 rings (SSSR count). The number of ketones is 1. The first kappa shape index (κ1) is 14.4. The third-order valence-corrected chi connectivity index (χ3v) is 3.82. The predicted octanol–water partition coefficient (Wildman–Crippen LogP) is 0.847. The van der Waals surface area contributed by atoms with E-state index >= 15 is 0 Å². The zero-order chi connectivity index (χ0) is 13.6. The lowest BCUT2D eigenvalue weighted by atomic mass is 10.2. The maximum atomic E-state index is 11.7.